The molecule has 0 spiro atoms. The maximum absolute atomic E-state index is 13.4. The molecule has 1 aliphatic rings. The van der Waals surface area contributed by atoms with Gasteiger partial charge in [-0.1, -0.05) is 26.0 Å². The van der Waals surface area contributed by atoms with Crippen molar-refractivity contribution >= 4 is 15.9 Å². The Morgan fingerprint density at radius 2 is 2.12 bits per heavy atom. The van der Waals surface area contributed by atoms with Crippen LogP contribution in [0.3, 0.4) is 0 Å². The molecule has 1 saturated carbocycles. The molecule has 0 radical (unpaired) electrons. The zero-order chi connectivity index (χ0) is 12.5. The molecule has 0 heterocycles. The Balaban J connectivity index is 2.03. The second kappa shape index (κ2) is 5.07. The van der Waals surface area contributed by atoms with Crippen LogP contribution in [0, 0.1) is 11.2 Å². The minimum absolute atomic E-state index is 0.157. The van der Waals surface area contributed by atoms with Crippen LogP contribution in [-0.4, -0.2) is 12.6 Å². The molecule has 1 aromatic rings. The van der Waals surface area contributed by atoms with E-state index in [4.69, 9.17) is 0 Å². The van der Waals surface area contributed by atoms with E-state index in [0.29, 0.717) is 15.9 Å². The Hall–Kier alpha value is -0.410. The van der Waals surface area contributed by atoms with E-state index in [0.717, 1.165) is 18.5 Å². The van der Waals surface area contributed by atoms with Crippen LogP contribution in [0.25, 0.3) is 0 Å². The average Bonchev–Trinajstić information content (AvgIpc) is 3.03. The van der Waals surface area contributed by atoms with E-state index in [1.165, 1.54) is 18.9 Å². The largest absolute Gasteiger partial charge is 0.314 e. The van der Waals surface area contributed by atoms with Crippen molar-refractivity contribution in [3.63, 3.8) is 0 Å². The summed E-state index contributed by atoms with van der Waals surface area (Å²) in [7, 11) is 0. The number of nitrogens with one attached hydrogen (secondary N) is 1. The van der Waals surface area contributed by atoms with Gasteiger partial charge in [0.1, 0.15) is 5.82 Å². The van der Waals surface area contributed by atoms with Gasteiger partial charge in [-0.05, 0) is 52.2 Å². The van der Waals surface area contributed by atoms with Crippen LogP contribution in [0.5, 0.6) is 0 Å². The van der Waals surface area contributed by atoms with Crippen LogP contribution < -0.4 is 5.32 Å². The van der Waals surface area contributed by atoms with Gasteiger partial charge in [0.15, 0.2) is 0 Å². The topological polar surface area (TPSA) is 12.0 Å². The molecule has 1 fully saturated rings. The molecular formula is C14H19BrFN. The molecule has 2 rings (SSSR count). The normalized spacial score (nSPS) is 17.5. The van der Waals surface area contributed by atoms with Crippen molar-refractivity contribution in [3.8, 4) is 0 Å². The van der Waals surface area contributed by atoms with Crippen molar-refractivity contribution in [2.75, 3.05) is 6.54 Å². The number of benzene rings is 1. The summed E-state index contributed by atoms with van der Waals surface area (Å²) in [4.78, 5) is 0. The van der Waals surface area contributed by atoms with Gasteiger partial charge in [-0.3, -0.25) is 0 Å². The summed E-state index contributed by atoms with van der Waals surface area (Å²) in [6, 6.07) is 5.83. The molecule has 1 aliphatic carbocycles. The van der Waals surface area contributed by atoms with Crippen molar-refractivity contribution in [2.45, 2.75) is 39.2 Å². The lowest BCUT2D eigenvalue weighted by Gasteiger charge is -2.19. The van der Waals surface area contributed by atoms with Crippen molar-refractivity contribution in [2.24, 2.45) is 5.41 Å². The summed E-state index contributed by atoms with van der Waals surface area (Å²) in [5.74, 6) is -0.157. The van der Waals surface area contributed by atoms with Gasteiger partial charge in [-0.2, -0.15) is 0 Å². The van der Waals surface area contributed by atoms with Gasteiger partial charge in [-0.25, -0.2) is 4.39 Å². The molecule has 1 aromatic carbocycles. The molecule has 1 N–H and O–H groups in total. The van der Waals surface area contributed by atoms with Crippen LogP contribution in [0.4, 0.5) is 4.39 Å². The third kappa shape index (κ3) is 3.29. The molecule has 0 bridgehead atoms. The monoisotopic (exact) mass is 299 g/mol. The first kappa shape index (κ1) is 13.0. The lowest BCUT2D eigenvalue weighted by Crippen LogP contribution is -2.31. The molecule has 0 saturated heterocycles. The number of hydrogen-bond donors (Lipinski definition) is 1. The van der Waals surface area contributed by atoms with Crippen LogP contribution in [0.15, 0.2) is 22.7 Å². The molecule has 0 amide bonds. The molecule has 1 nitrogen and oxygen atoms in total. The van der Waals surface area contributed by atoms with E-state index in [1.807, 2.05) is 6.07 Å². The highest BCUT2D eigenvalue weighted by Gasteiger charge is 2.42. The van der Waals surface area contributed by atoms with Gasteiger partial charge in [0.25, 0.3) is 0 Å². The molecule has 17 heavy (non-hydrogen) atoms. The van der Waals surface area contributed by atoms with Crippen LogP contribution in [0.1, 0.15) is 32.3 Å². The molecule has 94 valence electrons. The summed E-state index contributed by atoms with van der Waals surface area (Å²) in [6.45, 7) is 5.36. The SMILES string of the molecule is CC(C)NCC1(Cc2cccc(F)c2Br)CC1. The van der Waals surface area contributed by atoms with Crippen molar-refractivity contribution < 1.29 is 4.39 Å². The molecule has 0 aromatic heterocycles. The quantitative estimate of drug-likeness (QED) is 0.869. The van der Waals surface area contributed by atoms with E-state index in [2.05, 4.69) is 35.1 Å². The predicted octanol–water partition coefficient (Wildman–Crippen LogP) is 3.91. The first-order valence-corrected chi connectivity index (χ1v) is 6.98. The molecule has 3 heteroatoms. The third-order valence-corrected chi connectivity index (χ3v) is 4.33. The van der Waals surface area contributed by atoms with Gasteiger partial charge in [0.2, 0.25) is 0 Å². The first-order valence-electron chi connectivity index (χ1n) is 6.19. The Morgan fingerprint density at radius 3 is 2.71 bits per heavy atom. The van der Waals surface area contributed by atoms with E-state index in [1.54, 1.807) is 6.07 Å². The highest BCUT2D eigenvalue weighted by atomic mass is 79.9. The number of halogens is 2. The van der Waals surface area contributed by atoms with Gasteiger partial charge < -0.3 is 5.32 Å². The Labute approximate surface area is 111 Å². The zero-order valence-corrected chi connectivity index (χ0v) is 12.0. The third-order valence-electron chi connectivity index (χ3n) is 3.44. The average molecular weight is 300 g/mol. The highest BCUT2D eigenvalue weighted by Crippen LogP contribution is 2.48. The Kier molecular flexibility index (Phi) is 3.88. The van der Waals surface area contributed by atoms with Crippen molar-refractivity contribution in [1.82, 2.24) is 5.32 Å². The van der Waals surface area contributed by atoms with E-state index in [-0.39, 0.29) is 5.82 Å². The fourth-order valence-corrected chi connectivity index (χ4v) is 2.51. The molecular weight excluding hydrogens is 281 g/mol. The second-order valence-corrected chi connectivity index (χ2v) is 6.22. The van der Waals surface area contributed by atoms with Gasteiger partial charge in [-0.15, -0.1) is 0 Å². The summed E-state index contributed by atoms with van der Waals surface area (Å²) in [5, 5.41) is 3.49. The maximum atomic E-state index is 13.4. The lowest BCUT2D eigenvalue weighted by molar-refractivity contribution is 0.428. The summed E-state index contributed by atoms with van der Waals surface area (Å²) in [6.07, 6.45) is 3.45. The fourth-order valence-electron chi connectivity index (χ4n) is 2.10. The standard InChI is InChI=1S/C14H19BrFN/c1-10(2)17-9-14(6-7-14)8-11-4-3-5-12(16)13(11)15/h3-5,10,17H,6-9H2,1-2H3. The van der Waals surface area contributed by atoms with E-state index in [9.17, 15) is 4.39 Å². The van der Waals surface area contributed by atoms with Crippen molar-refractivity contribution in [3.05, 3.63) is 34.1 Å². The number of hydrogen-bond acceptors (Lipinski definition) is 1. The summed E-state index contributed by atoms with van der Waals surface area (Å²) >= 11 is 3.35. The predicted molar refractivity (Wildman–Crippen MR) is 72.6 cm³/mol. The minimum Gasteiger partial charge on any atom is -0.314 e. The van der Waals surface area contributed by atoms with Crippen LogP contribution in [0.2, 0.25) is 0 Å². The molecule has 0 unspecified atom stereocenters. The lowest BCUT2D eigenvalue weighted by atomic mass is 9.96. The van der Waals surface area contributed by atoms with Gasteiger partial charge in [0.05, 0.1) is 4.47 Å². The van der Waals surface area contributed by atoms with E-state index >= 15 is 0 Å². The maximum Gasteiger partial charge on any atom is 0.137 e. The summed E-state index contributed by atoms with van der Waals surface area (Å²) in [5.41, 5.74) is 1.45. The highest BCUT2D eigenvalue weighted by molar-refractivity contribution is 9.10. The van der Waals surface area contributed by atoms with Crippen LogP contribution in [-0.2, 0) is 6.42 Å². The smallest absolute Gasteiger partial charge is 0.137 e. The molecule has 0 atom stereocenters. The van der Waals surface area contributed by atoms with Crippen LogP contribution >= 0.6 is 15.9 Å². The second-order valence-electron chi connectivity index (χ2n) is 5.43. The first-order chi connectivity index (χ1) is 8.02. The molecule has 0 aliphatic heterocycles. The Bertz CT molecular complexity index is 399. The minimum atomic E-state index is -0.157. The van der Waals surface area contributed by atoms with Crippen molar-refractivity contribution in [1.29, 1.82) is 0 Å². The van der Waals surface area contributed by atoms with Gasteiger partial charge in [0, 0.05) is 12.6 Å². The Morgan fingerprint density at radius 1 is 1.41 bits per heavy atom. The van der Waals surface area contributed by atoms with E-state index < -0.39 is 0 Å². The number of rotatable bonds is 5. The summed E-state index contributed by atoms with van der Waals surface area (Å²) < 4.78 is 14.1. The zero-order valence-electron chi connectivity index (χ0n) is 10.4. The van der Waals surface area contributed by atoms with Gasteiger partial charge >= 0.3 is 0 Å². The fraction of sp³-hybridized carbons (Fsp3) is 0.571.